The number of likely N-dealkylation sites (tertiary alicyclic amines) is 1. The highest BCUT2D eigenvalue weighted by atomic mass is 15.3. The number of hydrogen-bond acceptors (Lipinski definition) is 5. The molecule has 0 atom stereocenters. The van der Waals surface area contributed by atoms with Gasteiger partial charge in [0.15, 0.2) is 0 Å². The number of piperazine rings is 1. The molecular weight excluding hydrogens is 334 g/mol. The summed E-state index contributed by atoms with van der Waals surface area (Å²) in [6.45, 7) is 17.7. The average molecular weight is 372 g/mol. The van der Waals surface area contributed by atoms with Gasteiger partial charge in [-0.1, -0.05) is 0 Å². The molecule has 0 bridgehead atoms. The number of nitrogens with zero attached hydrogens (tertiary/aromatic N) is 5. The average Bonchev–Trinajstić information content (AvgIpc) is 3.44. The molecule has 3 heterocycles. The van der Waals surface area contributed by atoms with Crippen LogP contribution in [0, 0.1) is 12.8 Å². The molecule has 5 nitrogen and oxygen atoms in total. The third kappa shape index (κ3) is 4.20. The highest BCUT2D eigenvalue weighted by Crippen LogP contribution is 2.49. The Morgan fingerprint density at radius 2 is 1.56 bits per heavy atom. The van der Waals surface area contributed by atoms with E-state index in [1.165, 1.54) is 58.4 Å². The van der Waals surface area contributed by atoms with Crippen LogP contribution >= 0.6 is 0 Å². The number of piperidine rings is 1. The monoisotopic (exact) mass is 371 g/mol. The number of hydrogen-bond donors (Lipinski definition) is 0. The van der Waals surface area contributed by atoms with Gasteiger partial charge >= 0.3 is 0 Å². The topological polar surface area (TPSA) is 35.5 Å². The van der Waals surface area contributed by atoms with E-state index in [1.54, 1.807) is 0 Å². The second-order valence-corrected chi connectivity index (χ2v) is 10.0. The zero-order chi connectivity index (χ0) is 19.1. The van der Waals surface area contributed by atoms with E-state index in [0.717, 1.165) is 30.4 Å². The van der Waals surface area contributed by atoms with Crippen molar-refractivity contribution in [2.75, 3.05) is 45.8 Å². The van der Waals surface area contributed by atoms with Crippen molar-refractivity contribution in [2.45, 2.75) is 64.5 Å². The standard InChI is InChI=1S/C22H37N5/c1-18-15-23-20(24-16-18)22(7-8-22)27-13-11-25(12-14-27)17-19-5-9-26(10-6-19)21(2,3)4/h15-16,19H,5-14,17H2,1-4H3. The van der Waals surface area contributed by atoms with Crippen molar-refractivity contribution in [2.24, 2.45) is 5.92 Å². The van der Waals surface area contributed by atoms with Gasteiger partial charge in [-0.25, -0.2) is 9.97 Å². The molecule has 27 heavy (non-hydrogen) atoms. The minimum atomic E-state index is 0.151. The molecule has 3 aliphatic rings. The minimum Gasteiger partial charge on any atom is -0.301 e. The largest absolute Gasteiger partial charge is 0.301 e. The number of aromatic nitrogens is 2. The van der Waals surface area contributed by atoms with Gasteiger partial charge in [-0.2, -0.15) is 0 Å². The van der Waals surface area contributed by atoms with E-state index in [9.17, 15) is 0 Å². The van der Waals surface area contributed by atoms with Gasteiger partial charge in [0, 0.05) is 50.7 Å². The van der Waals surface area contributed by atoms with Crippen LogP contribution in [0.15, 0.2) is 12.4 Å². The summed E-state index contributed by atoms with van der Waals surface area (Å²) in [5, 5.41) is 0. The van der Waals surface area contributed by atoms with Gasteiger partial charge in [0.1, 0.15) is 5.82 Å². The SMILES string of the molecule is Cc1cnc(C2(N3CCN(CC4CCN(C(C)(C)C)CC4)CC3)CC2)nc1. The van der Waals surface area contributed by atoms with Crippen LogP contribution in [-0.2, 0) is 5.54 Å². The molecule has 0 spiro atoms. The van der Waals surface area contributed by atoms with Crippen molar-refractivity contribution in [3.05, 3.63) is 23.8 Å². The van der Waals surface area contributed by atoms with Crippen LogP contribution in [0.25, 0.3) is 0 Å². The first-order chi connectivity index (χ1) is 12.9. The van der Waals surface area contributed by atoms with E-state index in [2.05, 4.69) is 52.4 Å². The number of aryl methyl sites for hydroxylation is 1. The maximum Gasteiger partial charge on any atom is 0.148 e. The maximum atomic E-state index is 4.66. The zero-order valence-corrected chi connectivity index (χ0v) is 17.7. The Balaban J connectivity index is 1.26. The summed E-state index contributed by atoms with van der Waals surface area (Å²) in [6.07, 6.45) is 9.12. The Kier molecular flexibility index (Phi) is 5.30. The Hall–Kier alpha value is -1.04. The lowest BCUT2D eigenvalue weighted by Crippen LogP contribution is -2.53. The third-order valence-electron chi connectivity index (χ3n) is 6.98. The summed E-state index contributed by atoms with van der Waals surface area (Å²) in [5.74, 6) is 1.93. The second kappa shape index (κ2) is 7.41. The van der Waals surface area contributed by atoms with Crippen LogP contribution in [-0.4, -0.2) is 76.0 Å². The van der Waals surface area contributed by atoms with Crippen molar-refractivity contribution >= 4 is 0 Å². The number of rotatable bonds is 4. The Morgan fingerprint density at radius 1 is 0.963 bits per heavy atom. The molecule has 0 aromatic carbocycles. The molecule has 0 amide bonds. The minimum absolute atomic E-state index is 0.151. The van der Waals surface area contributed by atoms with E-state index >= 15 is 0 Å². The van der Waals surface area contributed by atoms with Crippen LogP contribution in [0.4, 0.5) is 0 Å². The van der Waals surface area contributed by atoms with E-state index in [1.807, 2.05) is 12.4 Å². The van der Waals surface area contributed by atoms with Crippen molar-refractivity contribution in [3.8, 4) is 0 Å². The molecule has 150 valence electrons. The predicted molar refractivity (Wildman–Crippen MR) is 110 cm³/mol. The molecule has 0 radical (unpaired) electrons. The van der Waals surface area contributed by atoms with Gasteiger partial charge < -0.3 is 4.90 Å². The van der Waals surface area contributed by atoms with Crippen molar-refractivity contribution in [1.29, 1.82) is 0 Å². The van der Waals surface area contributed by atoms with Crippen LogP contribution in [0.5, 0.6) is 0 Å². The Bertz CT molecular complexity index is 615. The first-order valence-corrected chi connectivity index (χ1v) is 10.9. The summed E-state index contributed by atoms with van der Waals surface area (Å²) in [5.41, 5.74) is 1.63. The third-order valence-corrected chi connectivity index (χ3v) is 6.98. The van der Waals surface area contributed by atoms with Crippen molar-refractivity contribution in [3.63, 3.8) is 0 Å². The van der Waals surface area contributed by atoms with Gasteiger partial charge in [-0.15, -0.1) is 0 Å². The molecule has 2 saturated heterocycles. The van der Waals surface area contributed by atoms with E-state index in [4.69, 9.17) is 0 Å². The summed E-state index contributed by atoms with van der Waals surface area (Å²) in [7, 11) is 0. The molecule has 1 saturated carbocycles. The molecule has 1 aromatic rings. The summed E-state index contributed by atoms with van der Waals surface area (Å²) >= 11 is 0. The fourth-order valence-corrected chi connectivity index (χ4v) is 4.94. The Morgan fingerprint density at radius 3 is 2.07 bits per heavy atom. The van der Waals surface area contributed by atoms with Gasteiger partial charge in [-0.3, -0.25) is 9.80 Å². The van der Waals surface area contributed by atoms with Gasteiger partial charge in [-0.05, 0) is 77.9 Å². The lowest BCUT2D eigenvalue weighted by molar-refractivity contribution is 0.0462. The van der Waals surface area contributed by atoms with Gasteiger partial charge in [0.2, 0.25) is 0 Å². The predicted octanol–water partition coefficient (Wildman–Crippen LogP) is 2.90. The molecule has 0 unspecified atom stereocenters. The lowest BCUT2D eigenvalue weighted by Gasteiger charge is -2.43. The first kappa shape index (κ1) is 19.3. The lowest BCUT2D eigenvalue weighted by atomic mass is 9.92. The normalized spacial score (nSPS) is 25.6. The van der Waals surface area contributed by atoms with Crippen molar-refractivity contribution in [1.82, 2.24) is 24.7 Å². The van der Waals surface area contributed by atoms with Crippen LogP contribution < -0.4 is 0 Å². The second-order valence-electron chi connectivity index (χ2n) is 10.0. The zero-order valence-electron chi connectivity index (χ0n) is 17.7. The van der Waals surface area contributed by atoms with Crippen LogP contribution in [0.1, 0.15) is 57.8 Å². The Labute approximate surface area is 165 Å². The van der Waals surface area contributed by atoms with E-state index < -0.39 is 0 Å². The van der Waals surface area contributed by atoms with Gasteiger partial charge in [0.05, 0.1) is 5.54 Å². The van der Waals surface area contributed by atoms with Crippen LogP contribution in [0.3, 0.4) is 0 Å². The molecular formula is C22H37N5. The van der Waals surface area contributed by atoms with Gasteiger partial charge in [0.25, 0.3) is 0 Å². The maximum absolute atomic E-state index is 4.66. The quantitative estimate of drug-likeness (QED) is 0.813. The highest BCUT2D eigenvalue weighted by Gasteiger charge is 2.52. The summed E-state index contributed by atoms with van der Waals surface area (Å²) < 4.78 is 0. The molecule has 2 aliphatic heterocycles. The molecule has 5 heteroatoms. The first-order valence-electron chi connectivity index (χ1n) is 10.9. The smallest absolute Gasteiger partial charge is 0.148 e. The molecule has 3 fully saturated rings. The van der Waals surface area contributed by atoms with E-state index in [0.29, 0.717) is 5.54 Å². The molecule has 4 rings (SSSR count). The summed E-state index contributed by atoms with van der Waals surface area (Å²) in [4.78, 5) is 17.3. The van der Waals surface area contributed by atoms with E-state index in [-0.39, 0.29) is 5.54 Å². The molecule has 1 aromatic heterocycles. The summed E-state index contributed by atoms with van der Waals surface area (Å²) in [6, 6.07) is 0. The van der Waals surface area contributed by atoms with Crippen molar-refractivity contribution < 1.29 is 0 Å². The fraction of sp³-hybridized carbons (Fsp3) is 0.818. The molecule has 1 aliphatic carbocycles. The highest BCUT2D eigenvalue weighted by molar-refractivity contribution is 5.18. The fourth-order valence-electron chi connectivity index (χ4n) is 4.94. The molecule has 0 N–H and O–H groups in total. The van der Waals surface area contributed by atoms with Crippen LogP contribution in [0.2, 0.25) is 0 Å².